The smallest absolute Gasteiger partial charge is 0.320 e. The second-order valence-electron chi connectivity index (χ2n) is 6.80. The number of amides is 2. The van der Waals surface area contributed by atoms with Crippen LogP contribution in [-0.2, 0) is 24.6 Å². The van der Waals surface area contributed by atoms with E-state index in [1.807, 2.05) is 4.90 Å². The standard InChI is InChI=1S/C16H24N4O6S2/c1-27(22,23)15-12-13(28(17,24)25)2-3-14(15)18-4-6-19(7-5-18)16(21)20-8-10-26-11-9-20/h2-3,12H,4-11H2,1H3,(H2,17,24,25). The van der Waals surface area contributed by atoms with Crippen molar-refractivity contribution in [3.63, 3.8) is 0 Å². The van der Waals surface area contributed by atoms with Gasteiger partial charge >= 0.3 is 6.03 Å². The molecule has 2 fully saturated rings. The Morgan fingerprint density at radius 2 is 1.54 bits per heavy atom. The maximum atomic E-state index is 12.6. The van der Waals surface area contributed by atoms with Crippen molar-refractivity contribution in [2.75, 3.05) is 63.6 Å². The zero-order valence-corrected chi connectivity index (χ0v) is 17.2. The number of rotatable bonds is 3. The first kappa shape index (κ1) is 20.8. The van der Waals surface area contributed by atoms with Crippen molar-refractivity contribution in [1.29, 1.82) is 0 Å². The number of urea groups is 1. The molecule has 2 heterocycles. The fourth-order valence-electron chi connectivity index (χ4n) is 3.32. The first-order valence-electron chi connectivity index (χ1n) is 8.81. The van der Waals surface area contributed by atoms with Crippen molar-refractivity contribution in [1.82, 2.24) is 9.80 Å². The van der Waals surface area contributed by atoms with Crippen molar-refractivity contribution >= 4 is 31.6 Å². The van der Waals surface area contributed by atoms with Gasteiger partial charge in [0.2, 0.25) is 10.0 Å². The van der Waals surface area contributed by atoms with Gasteiger partial charge in [-0.05, 0) is 18.2 Å². The van der Waals surface area contributed by atoms with E-state index in [1.165, 1.54) is 12.1 Å². The van der Waals surface area contributed by atoms with Crippen LogP contribution in [0, 0.1) is 0 Å². The molecule has 1 aromatic carbocycles. The van der Waals surface area contributed by atoms with Gasteiger partial charge in [-0.1, -0.05) is 0 Å². The molecule has 156 valence electrons. The lowest BCUT2D eigenvalue weighted by molar-refractivity contribution is 0.0428. The molecule has 0 atom stereocenters. The number of sulfone groups is 1. The lowest BCUT2D eigenvalue weighted by Crippen LogP contribution is -2.55. The summed E-state index contributed by atoms with van der Waals surface area (Å²) >= 11 is 0. The van der Waals surface area contributed by atoms with Gasteiger partial charge in [0.25, 0.3) is 0 Å². The van der Waals surface area contributed by atoms with Crippen molar-refractivity contribution in [2.24, 2.45) is 5.14 Å². The van der Waals surface area contributed by atoms with Gasteiger partial charge in [0.05, 0.1) is 28.7 Å². The molecule has 2 aliphatic rings. The van der Waals surface area contributed by atoms with Gasteiger partial charge in [-0.25, -0.2) is 26.8 Å². The van der Waals surface area contributed by atoms with Crippen molar-refractivity contribution in [2.45, 2.75) is 9.79 Å². The summed E-state index contributed by atoms with van der Waals surface area (Å²) in [6.45, 7) is 3.94. The summed E-state index contributed by atoms with van der Waals surface area (Å²) in [5, 5.41) is 5.13. The van der Waals surface area contributed by atoms with E-state index in [0.717, 1.165) is 12.3 Å². The fourth-order valence-corrected chi connectivity index (χ4v) is 4.86. The molecular weight excluding hydrogens is 408 g/mol. The zero-order valence-electron chi connectivity index (χ0n) is 15.6. The highest BCUT2D eigenvalue weighted by molar-refractivity contribution is 7.91. The minimum atomic E-state index is -4.02. The molecule has 2 amide bonds. The quantitative estimate of drug-likeness (QED) is 0.669. The summed E-state index contributed by atoms with van der Waals surface area (Å²) < 4.78 is 52.8. The molecule has 0 bridgehead atoms. The number of anilines is 1. The Kier molecular flexibility index (Phi) is 5.84. The number of primary sulfonamides is 1. The summed E-state index contributed by atoms with van der Waals surface area (Å²) in [6, 6.07) is 3.79. The second-order valence-corrected chi connectivity index (χ2v) is 10.3. The third-order valence-electron chi connectivity index (χ3n) is 4.83. The number of sulfonamides is 1. The van der Waals surface area contributed by atoms with Crippen LogP contribution < -0.4 is 10.0 Å². The van der Waals surface area contributed by atoms with Gasteiger partial charge in [-0.3, -0.25) is 0 Å². The molecule has 0 aromatic heterocycles. The second kappa shape index (κ2) is 7.85. The summed E-state index contributed by atoms with van der Waals surface area (Å²) in [6.07, 6.45) is 1.02. The van der Waals surface area contributed by atoms with E-state index in [-0.39, 0.29) is 15.8 Å². The SMILES string of the molecule is CS(=O)(=O)c1cc(S(N)(=O)=O)ccc1N1CCN(C(=O)N2CCOCC2)CC1. The maximum Gasteiger partial charge on any atom is 0.320 e. The Hall–Kier alpha value is -1.89. The Bertz CT molecular complexity index is 949. The number of morpholine rings is 1. The highest BCUT2D eigenvalue weighted by atomic mass is 32.2. The van der Waals surface area contributed by atoms with Gasteiger partial charge < -0.3 is 19.4 Å². The molecule has 2 N–H and O–H groups in total. The Labute approximate surface area is 164 Å². The Morgan fingerprint density at radius 3 is 2.07 bits per heavy atom. The van der Waals surface area contributed by atoms with E-state index in [4.69, 9.17) is 9.88 Å². The number of hydrogen-bond acceptors (Lipinski definition) is 7. The molecule has 1 aromatic rings. The number of carbonyl (C=O) groups excluding carboxylic acids is 1. The molecule has 2 aliphatic heterocycles. The Morgan fingerprint density at radius 1 is 0.964 bits per heavy atom. The van der Waals surface area contributed by atoms with Gasteiger partial charge in [-0.15, -0.1) is 0 Å². The van der Waals surface area contributed by atoms with Crippen LogP contribution >= 0.6 is 0 Å². The minimum absolute atomic E-state index is 0.0455. The van der Waals surface area contributed by atoms with Crippen molar-refractivity contribution in [3.05, 3.63) is 18.2 Å². The third kappa shape index (κ3) is 4.57. The van der Waals surface area contributed by atoms with Crippen LogP contribution in [0.2, 0.25) is 0 Å². The molecule has 12 heteroatoms. The van der Waals surface area contributed by atoms with E-state index >= 15 is 0 Å². The largest absolute Gasteiger partial charge is 0.378 e. The molecule has 0 unspecified atom stereocenters. The van der Waals surface area contributed by atoms with E-state index in [0.29, 0.717) is 58.2 Å². The van der Waals surface area contributed by atoms with Crippen LogP contribution in [0.1, 0.15) is 0 Å². The first-order valence-corrected chi connectivity index (χ1v) is 12.2. The fraction of sp³-hybridized carbons (Fsp3) is 0.562. The molecular formula is C16H24N4O6S2. The van der Waals surface area contributed by atoms with Crippen LogP contribution in [0.5, 0.6) is 0 Å². The normalized spacial score (nSPS) is 19.0. The maximum absolute atomic E-state index is 12.6. The van der Waals surface area contributed by atoms with Crippen LogP contribution in [0.25, 0.3) is 0 Å². The van der Waals surface area contributed by atoms with E-state index in [2.05, 4.69) is 0 Å². The minimum Gasteiger partial charge on any atom is -0.378 e. The molecule has 2 saturated heterocycles. The van der Waals surface area contributed by atoms with E-state index in [9.17, 15) is 21.6 Å². The van der Waals surface area contributed by atoms with Gasteiger partial charge in [0.1, 0.15) is 0 Å². The summed E-state index contributed by atoms with van der Waals surface area (Å²) in [5.41, 5.74) is 0.411. The Balaban J connectivity index is 1.77. The summed E-state index contributed by atoms with van der Waals surface area (Å²) in [4.78, 5) is 17.6. The van der Waals surface area contributed by atoms with Crippen LogP contribution in [0.3, 0.4) is 0 Å². The predicted molar refractivity (Wildman–Crippen MR) is 102 cm³/mol. The first-order chi connectivity index (χ1) is 13.1. The number of nitrogens with two attached hydrogens (primary N) is 1. The van der Waals surface area contributed by atoms with Gasteiger partial charge in [0, 0.05) is 45.5 Å². The highest BCUT2D eigenvalue weighted by Gasteiger charge is 2.28. The van der Waals surface area contributed by atoms with Crippen LogP contribution in [0.15, 0.2) is 28.0 Å². The van der Waals surface area contributed by atoms with Crippen molar-refractivity contribution in [3.8, 4) is 0 Å². The predicted octanol–water partition coefficient (Wildman–Crippen LogP) is -0.688. The number of ether oxygens (including phenoxy) is 1. The molecule has 28 heavy (non-hydrogen) atoms. The number of benzene rings is 1. The molecule has 0 aliphatic carbocycles. The average Bonchev–Trinajstić information content (AvgIpc) is 2.66. The van der Waals surface area contributed by atoms with Crippen LogP contribution in [0.4, 0.5) is 10.5 Å². The van der Waals surface area contributed by atoms with Crippen LogP contribution in [-0.4, -0.2) is 91.4 Å². The zero-order chi connectivity index (χ0) is 20.5. The van der Waals surface area contributed by atoms with Crippen molar-refractivity contribution < 1.29 is 26.4 Å². The van der Waals surface area contributed by atoms with E-state index < -0.39 is 19.9 Å². The monoisotopic (exact) mass is 432 g/mol. The summed E-state index contributed by atoms with van der Waals surface area (Å²) in [5.74, 6) is 0. The molecule has 0 radical (unpaired) electrons. The number of nitrogens with zero attached hydrogens (tertiary/aromatic N) is 3. The molecule has 10 nitrogen and oxygen atoms in total. The topological polar surface area (TPSA) is 130 Å². The number of carbonyl (C=O) groups is 1. The lowest BCUT2D eigenvalue weighted by Gasteiger charge is -2.39. The molecule has 3 rings (SSSR count). The number of piperazine rings is 1. The molecule has 0 saturated carbocycles. The molecule has 0 spiro atoms. The van der Waals surface area contributed by atoms with Gasteiger partial charge in [0.15, 0.2) is 9.84 Å². The van der Waals surface area contributed by atoms with Gasteiger partial charge in [-0.2, -0.15) is 0 Å². The lowest BCUT2D eigenvalue weighted by atomic mass is 10.2. The highest BCUT2D eigenvalue weighted by Crippen LogP contribution is 2.29. The number of hydrogen-bond donors (Lipinski definition) is 1. The average molecular weight is 433 g/mol. The van der Waals surface area contributed by atoms with E-state index in [1.54, 1.807) is 9.80 Å². The summed E-state index contributed by atoms with van der Waals surface area (Å²) in [7, 11) is -7.69. The third-order valence-corrected chi connectivity index (χ3v) is 6.87.